The molecule has 23 heavy (non-hydrogen) atoms. The van der Waals surface area contributed by atoms with Gasteiger partial charge < -0.3 is 15.4 Å². The molecule has 0 amide bonds. The molecule has 1 atom stereocenters. The van der Waals surface area contributed by atoms with Gasteiger partial charge in [0.15, 0.2) is 5.96 Å². The van der Waals surface area contributed by atoms with Gasteiger partial charge in [0.25, 0.3) is 0 Å². The number of ether oxygens (including phenoxy) is 1. The van der Waals surface area contributed by atoms with E-state index in [9.17, 15) is 0 Å². The maximum Gasteiger partial charge on any atom is 0.191 e. The predicted molar refractivity (Wildman–Crippen MR) is 106 cm³/mol. The summed E-state index contributed by atoms with van der Waals surface area (Å²) < 4.78 is 5.66. The fourth-order valence-corrected chi connectivity index (χ4v) is 3.07. The summed E-state index contributed by atoms with van der Waals surface area (Å²) in [7, 11) is 0. The highest BCUT2D eigenvalue weighted by atomic mass is 127. The number of halogens is 1. The van der Waals surface area contributed by atoms with Crippen molar-refractivity contribution in [2.24, 2.45) is 4.99 Å². The van der Waals surface area contributed by atoms with E-state index < -0.39 is 0 Å². The van der Waals surface area contributed by atoms with E-state index in [0.717, 1.165) is 38.6 Å². The molecule has 2 N–H and O–H groups in total. The Hall–Kier alpha value is -0.820. The maximum atomic E-state index is 5.66. The molecule has 1 saturated carbocycles. The summed E-state index contributed by atoms with van der Waals surface area (Å²) in [4.78, 5) is 4.82. The van der Waals surface area contributed by atoms with Gasteiger partial charge in [0.05, 0.1) is 12.6 Å². The molecule has 1 aromatic carbocycles. The number of hydrogen-bond donors (Lipinski definition) is 2. The lowest BCUT2D eigenvalue weighted by Crippen LogP contribution is -2.41. The lowest BCUT2D eigenvalue weighted by molar-refractivity contribution is 0.114. The molecule has 128 valence electrons. The largest absolute Gasteiger partial charge is 0.376 e. The van der Waals surface area contributed by atoms with E-state index in [1.54, 1.807) is 0 Å². The Morgan fingerprint density at radius 2 is 2.04 bits per heavy atom. The molecule has 2 fully saturated rings. The summed E-state index contributed by atoms with van der Waals surface area (Å²) >= 11 is 0. The summed E-state index contributed by atoms with van der Waals surface area (Å²) in [6.07, 6.45) is 5.15. The fraction of sp³-hybridized carbons (Fsp3) is 0.611. The first-order valence-corrected chi connectivity index (χ1v) is 8.52. The zero-order chi connectivity index (χ0) is 15.3. The Balaban J connectivity index is 0.00000192. The van der Waals surface area contributed by atoms with Crippen LogP contribution in [-0.2, 0) is 10.2 Å². The summed E-state index contributed by atoms with van der Waals surface area (Å²) in [6, 6.07) is 10.8. The quantitative estimate of drug-likeness (QED) is 0.415. The van der Waals surface area contributed by atoms with Crippen LogP contribution in [-0.4, -0.2) is 38.3 Å². The molecule has 0 aromatic heterocycles. The molecule has 0 spiro atoms. The van der Waals surface area contributed by atoms with Crippen molar-refractivity contribution in [3.63, 3.8) is 0 Å². The van der Waals surface area contributed by atoms with E-state index in [-0.39, 0.29) is 29.4 Å². The Bertz CT molecular complexity index is 496. The molecule has 1 heterocycles. The van der Waals surface area contributed by atoms with Crippen LogP contribution in [0.25, 0.3) is 0 Å². The molecular weight excluding hydrogens is 401 g/mol. The second-order valence-corrected chi connectivity index (χ2v) is 6.36. The van der Waals surface area contributed by atoms with Crippen molar-refractivity contribution in [3.05, 3.63) is 35.9 Å². The van der Waals surface area contributed by atoms with Gasteiger partial charge in [-0.1, -0.05) is 30.3 Å². The monoisotopic (exact) mass is 429 g/mol. The summed E-state index contributed by atoms with van der Waals surface area (Å²) in [5.41, 5.74) is 1.70. The third-order valence-electron chi connectivity index (χ3n) is 4.64. The highest BCUT2D eigenvalue weighted by molar-refractivity contribution is 14.0. The SMILES string of the molecule is CCNC(=NCC1(c2ccccc2)CC1)NCC1CCCO1.I. The minimum atomic E-state index is 0. The minimum absolute atomic E-state index is 0. The van der Waals surface area contributed by atoms with E-state index in [2.05, 4.69) is 47.9 Å². The highest BCUT2D eigenvalue weighted by Crippen LogP contribution is 2.48. The van der Waals surface area contributed by atoms with E-state index in [0.29, 0.717) is 6.10 Å². The van der Waals surface area contributed by atoms with Crippen LogP contribution in [0.5, 0.6) is 0 Å². The Labute approximate surface area is 156 Å². The van der Waals surface area contributed by atoms with Gasteiger partial charge in [-0.2, -0.15) is 0 Å². The number of nitrogens with zero attached hydrogens (tertiary/aromatic N) is 1. The van der Waals surface area contributed by atoms with E-state index in [4.69, 9.17) is 9.73 Å². The van der Waals surface area contributed by atoms with Crippen molar-refractivity contribution >= 4 is 29.9 Å². The second kappa shape index (κ2) is 8.87. The zero-order valence-electron chi connectivity index (χ0n) is 13.9. The topological polar surface area (TPSA) is 45.7 Å². The molecule has 5 heteroatoms. The van der Waals surface area contributed by atoms with E-state index >= 15 is 0 Å². The van der Waals surface area contributed by atoms with Gasteiger partial charge in [-0.15, -0.1) is 24.0 Å². The average Bonchev–Trinajstić information content (AvgIpc) is 3.17. The van der Waals surface area contributed by atoms with Crippen molar-refractivity contribution in [2.45, 2.75) is 44.1 Å². The van der Waals surface area contributed by atoms with E-state index in [1.165, 1.54) is 24.8 Å². The number of rotatable bonds is 6. The van der Waals surface area contributed by atoms with Crippen LogP contribution >= 0.6 is 24.0 Å². The van der Waals surface area contributed by atoms with Gasteiger partial charge in [-0.05, 0) is 38.2 Å². The zero-order valence-corrected chi connectivity index (χ0v) is 16.2. The van der Waals surface area contributed by atoms with Crippen LogP contribution < -0.4 is 10.6 Å². The van der Waals surface area contributed by atoms with Crippen molar-refractivity contribution in [1.29, 1.82) is 0 Å². The Kier molecular flexibility index (Phi) is 7.14. The molecule has 1 aliphatic heterocycles. The van der Waals surface area contributed by atoms with E-state index in [1.807, 2.05) is 0 Å². The van der Waals surface area contributed by atoms with Gasteiger partial charge in [-0.25, -0.2) is 0 Å². The first-order chi connectivity index (χ1) is 10.8. The van der Waals surface area contributed by atoms with Gasteiger partial charge >= 0.3 is 0 Å². The molecule has 1 unspecified atom stereocenters. The van der Waals surface area contributed by atoms with Crippen LogP contribution in [0.3, 0.4) is 0 Å². The molecule has 1 saturated heterocycles. The summed E-state index contributed by atoms with van der Waals surface area (Å²) in [6.45, 7) is 5.60. The Morgan fingerprint density at radius 3 is 2.65 bits per heavy atom. The van der Waals surface area contributed by atoms with Crippen molar-refractivity contribution in [2.75, 3.05) is 26.2 Å². The lowest BCUT2D eigenvalue weighted by atomic mass is 9.96. The Morgan fingerprint density at radius 1 is 1.26 bits per heavy atom. The summed E-state index contributed by atoms with van der Waals surface area (Å²) in [5.74, 6) is 0.917. The van der Waals surface area contributed by atoms with Crippen molar-refractivity contribution in [3.8, 4) is 0 Å². The minimum Gasteiger partial charge on any atom is -0.376 e. The van der Waals surface area contributed by atoms with Crippen LogP contribution in [0.1, 0.15) is 38.2 Å². The third-order valence-corrected chi connectivity index (χ3v) is 4.64. The van der Waals surface area contributed by atoms with Crippen LogP contribution in [0.15, 0.2) is 35.3 Å². The standard InChI is InChI=1S/C18H27N3O.HI/c1-2-19-17(20-13-16-9-6-12-22-16)21-14-18(10-11-18)15-7-4-3-5-8-15;/h3-5,7-8,16H,2,6,9-14H2,1H3,(H2,19,20,21);1H. The third kappa shape index (κ3) is 5.08. The normalized spacial score (nSPS) is 22.3. The first kappa shape index (κ1) is 18.5. The van der Waals surface area contributed by atoms with Crippen molar-refractivity contribution < 1.29 is 4.74 Å². The number of aliphatic imine (C=N–C) groups is 1. The van der Waals surface area contributed by atoms with Crippen molar-refractivity contribution in [1.82, 2.24) is 10.6 Å². The number of hydrogen-bond acceptors (Lipinski definition) is 2. The molecule has 0 radical (unpaired) electrons. The number of guanidine groups is 1. The van der Waals surface area contributed by atoms with Crippen LogP contribution in [0.2, 0.25) is 0 Å². The molecule has 4 nitrogen and oxygen atoms in total. The number of nitrogens with one attached hydrogen (secondary N) is 2. The molecule has 0 bridgehead atoms. The highest BCUT2D eigenvalue weighted by Gasteiger charge is 2.43. The predicted octanol–water partition coefficient (Wildman–Crippen LogP) is 3.07. The van der Waals surface area contributed by atoms with Gasteiger partial charge in [0, 0.05) is 25.1 Å². The van der Waals surface area contributed by atoms with Crippen LogP contribution in [0.4, 0.5) is 0 Å². The number of benzene rings is 1. The molecule has 1 aromatic rings. The average molecular weight is 429 g/mol. The fourth-order valence-electron chi connectivity index (χ4n) is 3.07. The summed E-state index contributed by atoms with van der Waals surface area (Å²) in [5, 5.41) is 6.77. The smallest absolute Gasteiger partial charge is 0.191 e. The lowest BCUT2D eigenvalue weighted by Gasteiger charge is -2.17. The second-order valence-electron chi connectivity index (χ2n) is 6.36. The first-order valence-electron chi connectivity index (χ1n) is 8.52. The van der Waals surface area contributed by atoms with Gasteiger partial charge in [-0.3, -0.25) is 4.99 Å². The molecule has 1 aliphatic carbocycles. The van der Waals surface area contributed by atoms with Gasteiger partial charge in [0.2, 0.25) is 0 Å². The molecular formula is C18H28IN3O. The maximum absolute atomic E-state index is 5.66. The molecule has 3 rings (SSSR count). The van der Waals surface area contributed by atoms with Gasteiger partial charge in [0.1, 0.15) is 0 Å². The molecule has 2 aliphatic rings. The van der Waals surface area contributed by atoms with Crippen LogP contribution in [0, 0.1) is 0 Å².